The molecule has 1 amide bonds. The lowest BCUT2D eigenvalue weighted by Crippen LogP contribution is -2.58. The minimum atomic E-state index is -0.687. The van der Waals surface area contributed by atoms with Gasteiger partial charge in [0.25, 0.3) is 0 Å². The molecule has 2 aliphatic heterocycles. The van der Waals surface area contributed by atoms with Crippen molar-refractivity contribution in [1.82, 2.24) is 19.4 Å². The highest BCUT2D eigenvalue weighted by Crippen LogP contribution is 2.37. The molecule has 9 heteroatoms. The van der Waals surface area contributed by atoms with E-state index >= 15 is 8.78 Å². The normalized spacial score (nSPS) is 18.5. The number of aromatic nitrogens is 3. The third-order valence-electron chi connectivity index (χ3n) is 8.99. The first-order valence-corrected chi connectivity index (χ1v) is 15.3. The first kappa shape index (κ1) is 29.7. The number of nitrogens with zero attached hydrogens (tertiary/aromatic N) is 5. The zero-order valence-electron chi connectivity index (χ0n) is 25.6. The molecule has 4 aromatic rings. The molecule has 1 fully saturated rings. The first-order chi connectivity index (χ1) is 21.1. The van der Waals surface area contributed by atoms with Gasteiger partial charge in [-0.25, -0.2) is 23.1 Å². The number of carbonyl (C=O) groups is 1. The summed E-state index contributed by atoms with van der Waals surface area (Å²) in [5.74, 6) is -1.04. The fraction of sp³-hybridized carbons (Fsp3) is 0.371. The van der Waals surface area contributed by atoms with Gasteiger partial charge in [0.05, 0.1) is 11.1 Å². The standard InChI is InChI=1S/C35H37F2N5O2/c1-6-29(43)40-18-22(5)41(19-21(40)4)33-26-17-28(37)31-30-23(13-10-16-27(30)36)11-7-8-12-24-14-9-15-25(20(2)3)32(24)42(34(26)38-31)35(44)39-33/h6,9-10,13-17,20-22H,1,7-8,11-12,18-19H2,2-5H3/t21-,22+/m1/s1. The third kappa shape index (κ3) is 4.98. The molecule has 2 bridgehead atoms. The number of halogens is 2. The van der Waals surface area contributed by atoms with Crippen molar-refractivity contribution in [2.45, 2.75) is 71.4 Å². The van der Waals surface area contributed by atoms with Crippen LogP contribution < -0.4 is 10.6 Å². The molecule has 0 spiro atoms. The van der Waals surface area contributed by atoms with E-state index < -0.39 is 17.3 Å². The summed E-state index contributed by atoms with van der Waals surface area (Å²) in [6.45, 7) is 12.4. The topological polar surface area (TPSA) is 71.3 Å². The lowest BCUT2D eigenvalue weighted by Gasteiger charge is -2.44. The molecule has 6 rings (SSSR count). The average molecular weight is 598 g/mol. The molecule has 0 saturated carbocycles. The van der Waals surface area contributed by atoms with Gasteiger partial charge in [-0.05, 0) is 80.3 Å². The van der Waals surface area contributed by atoms with Crippen LogP contribution in [0.25, 0.3) is 28.0 Å². The Morgan fingerprint density at radius 2 is 1.68 bits per heavy atom. The number of piperazine rings is 1. The Morgan fingerprint density at radius 3 is 2.41 bits per heavy atom. The molecule has 2 aromatic carbocycles. The summed E-state index contributed by atoms with van der Waals surface area (Å²) in [7, 11) is 0. The van der Waals surface area contributed by atoms with Gasteiger partial charge < -0.3 is 9.80 Å². The van der Waals surface area contributed by atoms with Crippen LogP contribution in [0.15, 0.2) is 59.9 Å². The van der Waals surface area contributed by atoms with Gasteiger partial charge in [-0.15, -0.1) is 0 Å². The van der Waals surface area contributed by atoms with Crippen molar-refractivity contribution in [3.8, 4) is 16.9 Å². The van der Waals surface area contributed by atoms with Crippen LogP contribution in [0.2, 0.25) is 0 Å². The maximum absolute atomic E-state index is 16.2. The van der Waals surface area contributed by atoms with Crippen LogP contribution in [0.1, 0.15) is 63.1 Å². The molecule has 2 aromatic heterocycles. The molecule has 0 radical (unpaired) electrons. The van der Waals surface area contributed by atoms with E-state index in [9.17, 15) is 9.59 Å². The number of hydrogen-bond acceptors (Lipinski definition) is 5. The number of anilines is 1. The first-order valence-electron chi connectivity index (χ1n) is 15.3. The summed E-state index contributed by atoms with van der Waals surface area (Å²) in [5, 5.41) is 0.354. The number of aryl methyl sites for hydroxylation is 2. The van der Waals surface area contributed by atoms with Gasteiger partial charge in [0.15, 0.2) is 5.65 Å². The summed E-state index contributed by atoms with van der Waals surface area (Å²) in [6.07, 6.45) is 4.15. The Labute approximate surface area is 255 Å². The van der Waals surface area contributed by atoms with Crippen molar-refractivity contribution in [3.63, 3.8) is 0 Å². The smallest absolute Gasteiger partial charge is 0.349 e. The SMILES string of the molecule is C=CC(=O)N1C[C@H](C)N(c2nc(=O)n3c4nc(c(F)cc24)-c2c(F)cccc2CCCCc2cccc(C(C)C)c2-3)C[C@H]1C. The summed E-state index contributed by atoms with van der Waals surface area (Å²) in [6, 6.07) is 11.7. The second kappa shape index (κ2) is 11.6. The highest BCUT2D eigenvalue weighted by molar-refractivity contribution is 5.91. The Morgan fingerprint density at radius 1 is 0.977 bits per heavy atom. The molecule has 1 saturated heterocycles. The lowest BCUT2D eigenvalue weighted by molar-refractivity contribution is -0.128. The van der Waals surface area contributed by atoms with Crippen LogP contribution in [0.5, 0.6) is 0 Å². The number of rotatable bonds is 3. The molecule has 2 aliphatic rings. The van der Waals surface area contributed by atoms with Gasteiger partial charge in [0.2, 0.25) is 5.91 Å². The zero-order valence-corrected chi connectivity index (χ0v) is 25.6. The van der Waals surface area contributed by atoms with E-state index in [1.54, 1.807) is 11.0 Å². The zero-order chi connectivity index (χ0) is 31.3. The molecule has 2 atom stereocenters. The lowest BCUT2D eigenvalue weighted by atomic mass is 9.93. The van der Waals surface area contributed by atoms with Crippen molar-refractivity contribution in [1.29, 1.82) is 0 Å². The van der Waals surface area contributed by atoms with Gasteiger partial charge in [0, 0.05) is 30.7 Å². The van der Waals surface area contributed by atoms with Crippen LogP contribution in [0.4, 0.5) is 14.6 Å². The molecular weight excluding hydrogens is 560 g/mol. The number of carbonyl (C=O) groups excluding carboxylic acids is 1. The molecular formula is C35H37F2N5O2. The van der Waals surface area contributed by atoms with Gasteiger partial charge in [-0.2, -0.15) is 4.98 Å². The van der Waals surface area contributed by atoms with E-state index in [-0.39, 0.29) is 40.8 Å². The van der Waals surface area contributed by atoms with Crippen molar-refractivity contribution >= 4 is 22.8 Å². The molecule has 4 heterocycles. The quantitative estimate of drug-likeness (QED) is 0.258. The molecule has 0 aliphatic carbocycles. The van der Waals surface area contributed by atoms with E-state index in [2.05, 4.69) is 25.4 Å². The molecule has 0 N–H and O–H groups in total. The van der Waals surface area contributed by atoms with Crippen LogP contribution >= 0.6 is 0 Å². The van der Waals surface area contributed by atoms with Crippen molar-refractivity contribution in [2.24, 2.45) is 0 Å². The summed E-state index contributed by atoms with van der Waals surface area (Å²) in [4.78, 5) is 39.9. The molecule has 44 heavy (non-hydrogen) atoms. The second-order valence-electron chi connectivity index (χ2n) is 12.3. The van der Waals surface area contributed by atoms with E-state index in [0.717, 1.165) is 24.0 Å². The van der Waals surface area contributed by atoms with Crippen molar-refractivity contribution in [2.75, 3.05) is 18.0 Å². The summed E-state index contributed by atoms with van der Waals surface area (Å²) >= 11 is 0. The number of amides is 1. The number of fused-ring (bicyclic) bond motifs is 5. The van der Waals surface area contributed by atoms with Crippen LogP contribution in [-0.2, 0) is 17.6 Å². The highest BCUT2D eigenvalue weighted by atomic mass is 19.1. The predicted octanol–water partition coefficient (Wildman–Crippen LogP) is 6.34. The van der Waals surface area contributed by atoms with Crippen LogP contribution in [-0.4, -0.2) is 50.5 Å². The summed E-state index contributed by atoms with van der Waals surface area (Å²) in [5.41, 5.74) is 3.02. The monoisotopic (exact) mass is 597 g/mol. The number of hydrogen-bond donors (Lipinski definition) is 0. The van der Waals surface area contributed by atoms with E-state index in [0.29, 0.717) is 48.4 Å². The van der Waals surface area contributed by atoms with E-state index in [4.69, 9.17) is 4.98 Å². The molecule has 7 nitrogen and oxygen atoms in total. The van der Waals surface area contributed by atoms with Gasteiger partial charge in [-0.1, -0.05) is 50.8 Å². The minimum Gasteiger partial charge on any atom is -0.349 e. The molecule has 0 unspecified atom stereocenters. The van der Waals surface area contributed by atoms with Crippen LogP contribution in [0.3, 0.4) is 0 Å². The minimum absolute atomic E-state index is 0.0777. The van der Waals surface area contributed by atoms with Gasteiger partial charge >= 0.3 is 5.69 Å². The fourth-order valence-corrected chi connectivity index (χ4v) is 6.77. The predicted molar refractivity (Wildman–Crippen MR) is 169 cm³/mol. The van der Waals surface area contributed by atoms with Crippen molar-refractivity contribution < 1.29 is 13.6 Å². The number of benzene rings is 2. The van der Waals surface area contributed by atoms with E-state index in [1.807, 2.05) is 43.0 Å². The van der Waals surface area contributed by atoms with Gasteiger partial charge in [-0.3, -0.25) is 4.79 Å². The third-order valence-corrected chi connectivity index (χ3v) is 8.99. The fourth-order valence-electron chi connectivity index (χ4n) is 6.77. The van der Waals surface area contributed by atoms with E-state index in [1.165, 1.54) is 22.8 Å². The Kier molecular flexibility index (Phi) is 7.82. The Balaban J connectivity index is 1.69. The highest BCUT2D eigenvalue weighted by Gasteiger charge is 2.34. The summed E-state index contributed by atoms with van der Waals surface area (Å²) < 4.78 is 33.2. The largest absolute Gasteiger partial charge is 0.355 e. The van der Waals surface area contributed by atoms with Crippen LogP contribution in [0, 0.1) is 11.6 Å². The second-order valence-corrected chi connectivity index (χ2v) is 12.3. The molecule has 228 valence electrons. The number of pyridine rings is 1. The van der Waals surface area contributed by atoms with Gasteiger partial charge in [0.1, 0.15) is 23.1 Å². The maximum atomic E-state index is 16.2. The Bertz CT molecular complexity index is 1850. The number of para-hydroxylation sites is 1. The maximum Gasteiger partial charge on any atom is 0.355 e. The van der Waals surface area contributed by atoms with Crippen molar-refractivity contribution in [3.05, 3.63) is 93.9 Å². The Hall–Kier alpha value is -4.40. The average Bonchev–Trinajstić information content (AvgIpc) is 2.99.